The van der Waals surface area contributed by atoms with Gasteiger partial charge < -0.3 is 0 Å². The molecule has 0 aliphatic heterocycles. The summed E-state index contributed by atoms with van der Waals surface area (Å²) in [7, 11) is 0. The van der Waals surface area contributed by atoms with E-state index in [1.165, 1.54) is 16.5 Å². The molecule has 0 saturated heterocycles. The van der Waals surface area contributed by atoms with Crippen LogP contribution >= 0.6 is 11.6 Å². The van der Waals surface area contributed by atoms with E-state index in [0.29, 0.717) is 0 Å². The van der Waals surface area contributed by atoms with Gasteiger partial charge in [0.2, 0.25) is 0 Å². The van der Waals surface area contributed by atoms with E-state index >= 15 is 0 Å². The predicted octanol–water partition coefficient (Wildman–Crippen LogP) is 5.38. The molecule has 0 saturated carbocycles. The first-order chi connectivity index (χ1) is 9.65. The molecule has 98 valence electrons. The molecule has 0 radical (unpaired) electrons. The summed E-state index contributed by atoms with van der Waals surface area (Å²) in [5, 5.41) is 3.12. The number of halogens is 1. The molecule has 0 spiro atoms. The number of fused-ring (bicyclic) bond motifs is 3. The predicted molar refractivity (Wildman–Crippen MR) is 88.0 cm³/mol. The Hall–Kier alpha value is -1.97. The van der Waals surface area contributed by atoms with Gasteiger partial charge in [-0.15, -0.1) is 0 Å². The van der Waals surface area contributed by atoms with Crippen molar-refractivity contribution in [3.05, 3.63) is 64.2 Å². The maximum absolute atomic E-state index is 6.17. The largest absolute Gasteiger partial charge is 0.0877 e. The quantitative estimate of drug-likeness (QED) is 0.568. The normalized spacial score (nSPS) is 12.7. The van der Waals surface area contributed by atoms with Crippen LogP contribution in [0, 0.1) is 11.8 Å². The summed E-state index contributed by atoms with van der Waals surface area (Å²) >= 11 is 6.17. The summed E-state index contributed by atoms with van der Waals surface area (Å²) in [6.07, 6.45) is 6.58. The lowest BCUT2D eigenvalue weighted by Crippen LogP contribution is -1.97. The summed E-state index contributed by atoms with van der Waals surface area (Å²) in [4.78, 5) is 0. The van der Waals surface area contributed by atoms with Gasteiger partial charge in [-0.2, -0.15) is 0 Å². The number of hydrogen-bond donors (Lipinski definition) is 0. The average Bonchev–Trinajstić information content (AvgIpc) is 2.44. The van der Waals surface area contributed by atoms with Crippen molar-refractivity contribution in [1.29, 1.82) is 0 Å². The lowest BCUT2D eigenvalue weighted by Gasteiger charge is -2.15. The molecule has 0 N–H and O–H groups in total. The fourth-order valence-corrected chi connectivity index (χ4v) is 2.77. The summed E-state index contributed by atoms with van der Waals surface area (Å²) in [5.41, 5.74) is 4.58. The van der Waals surface area contributed by atoms with Crippen LogP contribution in [0.5, 0.6) is 0 Å². The number of benzene rings is 2. The van der Waals surface area contributed by atoms with Crippen molar-refractivity contribution in [2.45, 2.75) is 19.8 Å². The second-order valence-electron chi connectivity index (χ2n) is 5.16. The zero-order valence-electron chi connectivity index (χ0n) is 11.5. The van der Waals surface area contributed by atoms with E-state index in [-0.39, 0.29) is 0 Å². The molecule has 0 aromatic heterocycles. The molecule has 20 heavy (non-hydrogen) atoms. The van der Waals surface area contributed by atoms with Crippen LogP contribution in [0.1, 0.15) is 30.0 Å². The Bertz CT molecular complexity index is 798. The topological polar surface area (TPSA) is 0 Å². The van der Waals surface area contributed by atoms with Crippen LogP contribution in [0.25, 0.3) is 16.8 Å². The van der Waals surface area contributed by atoms with E-state index in [0.717, 1.165) is 34.4 Å². The lowest BCUT2D eigenvalue weighted by molar-refractivity contribution is 0.989. The highest BCUT2D eigenvalue weighted by Crippen LogP contribution is 2.32. The summed E-state index contributed by atoms with van der Waals surface area (Å²) < 4.78 is 0. The van der Waals surface area contributed by atoms with E-state index in [1.807, 2.05) is 19.1 Å². The third kappa shape index (κ3) is 2.38. The molecule has 2 aromatic rings. The third-order valence-corrected chi connectivity index (χ3v) is 3.74. The molecule has 1 aliphatic carbocycles. The van der Waals surface area contributed by atoms with Gasteiger partial charge in [0.05, 0.1) is 0 Å². The number of allylic oxidation sites excluding steroid dienone is 2. The van der Waals surface area contributed by atoms with Crippen LogP contribution in [0.4, 0.5) is 0 Å². The van der Waals surface area contributed by atoms with Gasteiger partial charge in [-0.25, -0.2) is 0 Å². The molecule has 1 aliphatic rings. The van der Waals surface area contributed by atoms with Crippen LogP contribution < -0.4 is 0 Å². The summed E-state index contributed by atoms with van der Waals surface area (Å²) in [6.45, 7) is 5.77. The standard InChI is InChI=1S/C19H15Cl/c1-13(2)7-8-15-11-14-5-3-4-6-17(14)19-12-16(20)9-10-18(15)19/h4,6,9-12H,1,3,5H2,2H3. The second kappa shape index (κ2) is 5.19. The second-order valence-corrected chi connectivity index (χ2v) is 5.59. The fraction of sp³-hybridized carbons (Fsp3) is 0.158. The molecule has 0 heterocycles. The van der Waals surface area contributed by atoms with Crippen molar-refractivity contribution in [3.63, 3.8) is 0 Å². The van der Waals surface area contributed by atoms with E-state index < -0.39 is 0 Å². The molecule has 0 fully saturated rings. The lowest BCUT2D eigenvalue weighted by atomic mass is 9.89. The van der Waals surface area contributed by atoms with Crippen LogP contribution in [0.2, 0.25) is 5.02 Å². The van der Waals surface area contributed by atoms with Crippen LogP contribution in [-0.2, 0) is 6.42 Å². The first-order valence-electron chi connectivity index (χ1n) is 6.74. The third-order valence-electron chi connectivity index (χ3n) is 3.50. The first kappa shape index (κ1) is 13.0. The summed E-state index contributed by atoms with van der Waals surface area (Å²) in [6, 6.07) is 8.24. The maximum Gasteiger partial charge on any atom is 0.0412 e. The molecular weight excluding hydrogens is 264 g/mol. The van der Waals surface area contributed by atoms with E-state index in [2.05, 4.69) is 42.7 Å². The molecule has 1 heteroatoms. The van der Waals surface area contributed by atoms with Gasteiger partial charge in [-0.1, -0.05) is 48.2 Å². The number of hydrogen-bond acceptors (Lipinski definition) is 0. The highest BCUT2D eigenvalue weighted by atomic mass is 35.5. The van der Waals surface area contributed by atoms with Crippen molar-refractivity contribution >= 4 is 28.4 Å². The monoisotopic (exact) mass is 278 g/mol. The van der Waals surface area contributed by atoms with Gasteiger partial charge in [-0.3, -0.25) is 0 Å². The smallest absolute Gasteiger partial charge is 0.0412 e. The van der Waals surface area contributed by atoms with Crippen molar-refractivity contribution in [2.75, 3.05) is 0 Å². The molecular formula is C19H15Cl. The van der Waals surface area contributed by atoms with Gasteiger partial charge in [-0.05, 0) is 65.4 Å². The van der Waals surface area contributed by atoms with Crippen LogP contribution in [-0.4, -0.2) is 0 Å². The first-order valence-corrected chi connectivity index (χ1v) is 7.12. The highest BCUT2D eigenvalue weighted by Gasteiger charge is 2.12. The zero-order chi connectivity index (χ0) is 14.1. The van der Waals surface area contributed by atoms with Crippen molar-refractivity contribution in [1.82, 2.24) is 0 Å². The Morgan fingerprint density at radius 2 is 2.10 bits per heavy atom. The number of aryl methyl sites for hydroxylation is 1. The molecule has 0 bridgehead atoms. The Labute approximate surface area is 124 Å². The minimum Gasteiger partial charge on any atom is -0.0877 e. The van der Waals surface area contributed by atoms with Crippen molar-refractivity contribution < 1.29 is 0 Å². The maximum atomic E-state index is 6.17. The average molecular weight is 279 g/mol. The van der Waals surface area contributed by atoms with Gasteiger partial charge in [0.15, 0.2) is 0 Å². The molecule has 0 nitrogen and oxygen atoms in total. The number of rotatable bonds is 0. The molecule has 0 amide bonds. The molecule has 0 atom stereocenters. The SMILES string of the molecule is C=C(C)C#Cc1cc2c(c3cc(Cl)ccc13)C=CCC2. The van der Waals surface area contributed by atoms with Gasteiger partial charge >= 0.3 is 0 Å². The van der Waals surface area contributed by atoms with E-state index in [9.17, 15) is 0 Å². The van der Waals surface area contributed by atoms with Crippen molar-refractivity contribution in [3.8, 4) is 11.8 Å². The van der Waals surface area contributed by atoms with Crippen LogP contribution in [0.15, 0.2) is 42.5 Å². The van der Waals surface area contributed by atoms with Gasteiger partial charge in [0.25, 0.3) is 0 Å². The van der Waals surface area contributed by atoms with E-state index in [4.69, 9.17) is 11.6 Å². The Morgan fingerprint density at radius 3 is 2.90 bits per heavy atom. The Morgan fingerprint density at radius 1 is 1.25 bits per heavy atom. The Kier molecular flexibility index (Phi) is 3.38. The van der Waals surface area contributed by atoms with Gasteiger partial charge in [0.1, 0.15) is 0 Å². The molecule has 2 aromatic carbocycles. The fourth-order valence-electron chi connectivity index (χ4n) is 2.60. The molecule has 3 rings (SSSR count). The zero-order valence-corrected chi connectivity index (χ0v) is 12.2. The summed E-state index contributed by atoms with van der Waals surface area (Å²) in [5.74, 6) is 6.32. The molecule has 0 unspecified atom stereocenters. The minimum atomic E-state index is 0.767. The minimum absolute atomic E-state index is 0.767. The van der Waals surface area contributed by atoms with Crippen LogP contribution in [0.3, 0.4) is 0 Å². The van der Waals surface area contributed by atoms with E-state index in [1.54, 1.807) is 0 Å². The van der Waals surface area contributed by atoms with Crippen molar-refractivity contribution in [2.24, 2.45) is 0 Å². The highest BCUT2D eigenvalue weighted by molar-refractivity contribution is 6.31. The van der Waals surface area contributed by atoms with Gasteiger partial charge in [0, 0.05) is 10.6 Å². The Balaban J connectivity index is 2.35.